The van der Waals surface area contributed by atoms with Crippen LogP contribution in [0.25, 0.3) is 11.1 Å². The lowest BCUT2D eigenvalue weighted by Crippen LogP contribution is -2.24. The summed E-state index contributed by atoms with van der Waals surface area (Å²) in [5.41, 5.74) is 6.42. The van der Waals surface area contributed by atoms with Gasteiger partial charge in [0.25, 0.3) is 0 Å². The lowest BCUT2D eigenvalue weighted by Gasteiger charge is -2.24. The summed E-state index contributed by atoms with van der Waals surface area (Å²) < 4.78 is 0. The molecule has 3 nitrogen and oxygen atoms in total. The summed E-state index contributed by atoms with van der Waals surface area (Å²) >= 11 is 0. The number of carbonyl (C=O) groups is 1. The van der Waals surface area contributed by atoms with Gasteiger partial charge in [0.05, 0.1) is 5.56 Å². The molecule has 0 radical (unpaired) electrons. The molecule has 0 saturated heterocycles. The van der Waals surface area contributed by atoms with Gasteiger partial charge in [0.1, 0.15) is 0 Å². The smallest absolute Gasteiger partial charge is 0.335 e. The van der Waals surface area contributed by atoms with Gasteiger partial charge in [-0.1, -0.05) is 97.1 Å². The first-order valence-electron chi connectivity index (χ1n) is 11.4. The molecule has 0 bridgehead atoms. The third-order valence-electron chi connectivity index (χ3n) is 5.89. The zero-order valence-electron chi connectivity index (χ0n) is 18.7. The lowest BCUT2D eigenvalue weighted by molar-refractivity contribution is 0.0697. The Bertz CT molecular complexity index is 1150. The number of aromatic carboxylic acids is 1. The second kappa shape index (κ2) is 11.3. The first kappa shape index (κ1) is 22.5. The predicted molar refractivity (Wildman–Crippen MR) is 134 cm³/mol. The molecule has 0 aliphatic rings. The molecule has 0 saturated carbocycles. The number of hydrogen-bond donors (Lipinski definition) is 1. The van der Waals surface area contributed by atoms with E-state index in [2.05, 4.69) is 83.8 Å². The van der Waals surface area contributed by atoms with Gasteiger partial charge >= 0.3 is 5.97 Å². The fourth-order valence-corrected chi connectivity index (χ4v) is 4.18. The molecule has 0 aliphatic heterocycles. The zero-order valence-corrected chi connectivity index (χ0v) is 18.7. The van der Waals surface area contributed by atoms with Crippen LogP contribution in [0.4, 0.5) is 0 Å². The normalized spacial score (nSPS) is 10.9. The van der Waals surface area contributed by atoms with Gasteiger partial charge in [-0.15, -0.1) is 0 Å². The van der Waals surface area contributed by atoms with Crippen LogP contribution >= 0.6 is 0 Å². The van der Waals surface area contributed by atoms with Crippen molar-refractivity contribution in [2.75, 3.05) is 6.54 Å². The zero-order chi connectivity index (χ0) is 22.9. The third-order valence-corrected chi connectivity index (χ3v) is 5.89. The molecule has 0 aromatic heterocycles. The van der Waals surface area contributed by atoms with Gasteiger partial charge in [0.15, 0.2) is 0 Å². The van der Waals surface area contributed by atoms with Crippen LogP contribution in [0.3, 0.4) is 0 Å². The van der Waals surface area contributed by atoms with E-state index >= 15 is 0 Å². The Hall–Kier alpha value is -3.69. The fraction of sp³-hybridized carbons (Fsp3) is 0.167. The maximum absolute atomic E-state index is 11.2. The average Bonchev–Trinajstić information content (AvgIpc) is 2.86. The summed E-state index contributed by atoms with van der Waals surface area (Å²) in [5, 5.41) is 9.22. The molecule has 1 N–H and O–H groups in total. The SMILES string of the molecule is O=C(O)c1ccc(-c2ccccc2CN(CCCc2ccccc2)Cc2ccccc2)cc1. The Morgan fingerprint density at radius 3 is 1.94 bits per heavy atom. The number of benzene rings is 4. The van der Waals surface area contributed by atoms with Crippen LogP contribution in [0.2, 0.25) is 0 Å². The highest BCUT2D eigenvalue weighted by Crippen LogP contribution is 2.26. The van der Waals surface area contributed by atoms with E-state index in [1.54, 1.807) is 12.1 Å². The first-order valence-corrected chi connectivity index (χ1v) is 11.4. The van der Waals surface area contributed by atoms with Crippen molar-refractivity contribution in [2.45, 2.75) is 25.9 Å². The molecule has 4 aromatic carbocycles. The predicted octanol–water partition coefficient (Wildman–Crippen LogP) is 6.69. The minimum Gasteiger partial charge on any atom is -0.478 e. The van der Waals surface area contributed by atoms with Crippen molar-refractivity contribution in [3.8, 4) is 11.1 Å². The molecule has 0 amide bonds. The van der Waals surface area contributed by atoms with Crippen molar-refractivity contribution < 1.29 is 9.90 Å². The topological polar surface area (TPSA) is 40.5 Å². The standard InChI is InChI=1S/C30H29NO2/c32-30(33)27-19-17-26(18-20-27)29-16-8-7-15-28(29)23-31(22-25-12-5-2-6-13-25)21-9-14-24-10-3-1-4-11-24/h1-8,10-13,15-20H,9,14,21-23H2,(H,32,33). The van der Waals surface area contributed by atoms with E-state index in [0.29, 0.717) is 5.56 Å². The maximum Gasteiger partial charge on any atom is 0.335 e. The number of rotatable bonds is 10. The van der Waals surface area contributed by atoms with Gasteiger partial charge in [-0.05, 0) is 59.3 Å². The fourth-order valence-electron chi connectivity index (χ4n) is 4.18. The third kappa shape index (κ3) is 6.41. The highest BCUT2D eigenvalue weighted by molar-refractivity contribution is 5.88. The summed E-state index contributed by atoms with van der Waals surface area (Å²) in [6.07, 6.45) is 2.15. The quantitative estimate of drug-likeness (QED) is 0.302. The molecule has 0 unspecified atom stereocenters. The molecule has 3 heteroatoms. The molecule has 0 heterocycles. The van der Waals surface area contributed by atoms with Crippen molar-refractivity contribution in [3.63, 3.8) is 0 Å². The molecule has 0 spiro atoms. The summed E-state index contributed by atoms with van der Waals surface area (Å²) in [5.74, 6) is -0.901. The van der Waals surface area contributed by atoms with E-state index in [9.17, 15) is 9.90 Å². The highest BCUT2D eigenvalue weighted by Gasteiger charge is 2.12. The molecule has 0 aliphatic carbocycles. The average molecular weight is 436 g/mol. The number of carboxylic acid groups (broad SMARTS) is 1. The minimum absolute atomic E-state index is 0.308. The van der Waals surface area contributed by atoms with Crippen LogP contribution in [0.1, 0.15) is 33.5 Å². The largest absolute Gasteiger partial charge is 0.478 e. The minimum atomic E-state index is -0.901. The summed E-state index contributed by atoms with van der Waals surface area (Å²) in [4.78, 5) is 13.7. The van der Waals surface area contributed by atoms with E-state index in [-0.39, 0.29) is 0 Å². The Morgan fingerprint density at radius 1 is 0.667 bits per heavy atom. The van der Waals surface area contributed by atoms with Crippen LogP contribution in [0.5, 0.6) is 0 Å². The Kier molecular flexibility index (Phi) is 7.68. The van der Waals surface area contributed by atoms with Gasteiger partial charge < -0.3 is 5.11 Å². The van der Waals surface area contributed by atoms with Crippen LogP contribution in [-0.2, 0) is 19.5 Å². The summed E-state index contributed by atoms with van der Waals surface area (Å²) in [7, 11) is 0. The van der Waals surface area contributed by atoms with Gasteiger partial charge in [-0.2, -0.15) is 0 Å². The molecule has 4 rings (SSSR count). The van der Waals surface area contributed by atoms with Crippen LogP contribution < -0.4 is 0 Å². The first-order chi connectivity index (χ1) is 16.2. The van der Waals surface area contributed by atoms with E-state index < -0.39 is 5.97 Å². The number of nitrogens with zero attached hydrogens (tertiary/aromatic N) is 1. The molecule has 33 heavy (non-hydrogen) atoms. The Labute approximate surface area is 196 Å². The molecule has 4 aromatic rings. The lowest BCUT2D eigenvalue weighted by atomic mass is 9.98. The molecular formula is C30H29NO2. The van der Waals surface area contributed by atoms with Gasteiger partial charge in [0.2, 0.25) is 0 Å². The van der Waals surface area contributed by atoms with E-state index in [1.165, 1.54) is 16.7 Å². The molecular weight excluding hydrogens is 406 g/mol. The van der Waals surface area contributed by atoms with Crippen molar-refractivity contribution >= 4 is 5.97 Å². The summed E-state index contributed by atoms with van der Waals surface area (Å²) in [6, 6.07) is 36.8. The van der Waals surface area contributed by atoms with Crippen LogP contribution in [-0.4, -0.2) is 22.5 Å². The van der Waals surface area contributed by atoms with Crippen molar-refractivity contribution in [1.29, 1.82) is 0 Å². The van der Waals surface area contributed by atoms with Crippen molar-refractivity contribution in [2.24, 2.45) is 0 Å². The van der Waals surface area contributed by atoms with Gasteiger partial charge in [-0.25, -0.2) is 4.79 Å². The summed E-state index contributed by atoms with van der Waals surface area (Å²) in [6.45, 7) is 2.72. The monoisotopic (exact) mass is 435 g/mol. The van der Waals surface area contributed by atoms with Crippen LogP contribution in [0.15, 0.2) is 109 Å². The second-order valence-corrected chi connectivity index (χ2v) is 8.33. The van der Waals surface area contributed by atoms with Crippen LogP contribution in [0, 0.1) is 0 Å². The Morgan fingerprint density at radius 2 is 1.27 bits per heavy atom. The van der Waals surface area contributed by atoms with E-state index in [4.69, 9.17) is 0 Å². The Balaban J connectivity index is 1.53. The maximum atomic E-state index is 11.2. The van der Waals surface area contributed by atoms with E-state index in [1.807, 2.05) is 18.2 Å². The van der Waals surface area contributed by atoms with Crippen molar-refractivity contribution in [3.05, 3.63) is 131 Å². The van der Waals surface area contributed by atoms with E-state index in [0.717, 1.165) is 43.6 Å². The number of aryl methyl sites for hydroxylation is 1. The molecule has 0 atom stereocenters. The number of hydrogen-bond acceptors (Lipinski definition) is 2. The van der Waals surface area contributed by atoms with Crippen molar-refractivity contribution in [1.82, 2.24) is 4.90 Å². The van der Waals surface area contributed by atoms with Gasteiger partial charge in [0, 0.05) is 13.1 Å². The molecule has 166 valence electrons. The van der Waals surface area contributed by atoms with Gasteiger partial charge in [-0.3, -0.25) is 4.90 Å². The highest BCUT2D eigenvalue weighted by atomic mass is 16.4. The second-order valence-electron chi connectivity index (χ2n) is 8.33. The number of carboxylic acids is 1. The molecule has 0 fully saturated rings.